The van der Waals surface area contributed by atoms with Gasteiger partial charge in [0.05, 0.1) is 11.5 Å². The first-order chi connectivity index (χ1) is 6.46. The van der Waals surface area contributed by atoms with E-state index in [0.29, 0.717) is 11.5 Å². The second-order valence-corrected chi connectivity index (χ2v) is 6.12. The van der Waals surface area contributed by atoms with E-state index >= 15 is 0 Å². The molecule has 0 aliphatic carbocycles. The maximum absolute atomic E-state index is 11.2. The molecule has 4 nitrogen and oxygen atoms in total. The first-order valence-electron chi connectivity index (χ1n) is 4.67. The van der Waals surface area contributed by atoms with Gasteiger partial charge in [0.2, 0.25) is 0 Å². The van der Waals surface area contributed by atoms with E-state index < -0.39 is 9.84 Å². The minimum atomic E-state index is -2.82. The highest BCUT2D eigenvalue weighted by Gasteiger charge is 2.31. The Kier molecular flexibility index (Phi) is 3.71. The van der Waals surface area contributed by atoms with Crippen molar-refractivity contribution in [2.75, 3.05) is 25.1 Å². The van der Waals surface area contributed by atoms with Crippen LogP contribution in [0.1, 0.15) is 13.3 Å². The zero-order valence-corrected chi connectivity index (χ0v) is 10.1. The first kappa shape index (κ1) is 11.7. The summed E-state index contributed by atoms with van der Waals surface area (Å²) in [6.07, 6.45) is 0.685. The fraction of sp³-hybridized carbons (Fsp3) is 0.875. The quantitative estimate of drug-likeness (QED) is 0.684. The number of rotatable bonds is 2. The Hall–Kier alpha value is -0.360. The average molecular weight is 236 g/mol. The van der Waals surface area contributed by atoms with Crippen molar-refractivity contribution in [3.63, 3.8) is 0 Å². The van der Waals surface area contributed by atoms with Crippen molar-refractivity contribution in [3.05, 3.63) is 0 Å². The van der Waals surface area contributed by atoms with E-state index in [9.17, 15) is 8.42 Å². The SMILES string of the molecule is CCNC(=S)N(C)C1CCS(=O)(=O)C1. The zero-order valence-electron chi connectivity index (χ0n) is 8.49. The number of thiocarbonyl (C=S) groups is 1. The molecule has 82 valence electrons. The molecule has 1 aliphatic heterocycles. The molecular formula is C8H16N2O2S2. The van der Waals surface area contributed by atoms with Gasteiger partial charge in [0.25, 0.3) is 0 Å². The van der Waals surface area contributed by atoms with Crippen LogP contribution >= 0.6 is 12.2 Å². The Balaban J connectivity index is 2.55. The van der Waals surface area contributed by atoms with Crippen LogP contribution in [0, 0.1) is 0 Å². The van der Waals surface area contributed by atoms with Crippen molar-refractivity contribution in [1.82, 2.24) is 10.2 Å². The van der Waals surface area contributed by atoms with E-state index in [1.54, 1.807) is 0 Å². The lowest BCUT2D eigenvalue weighted by molar-refractivity contribution is 0.391. The van der Waals surface area contributed by atoms with Gasteiger partial charge in [0.1, 0.15) is 0 Å². The molecule has 0 aromatic heterocycles. The number of hydrogen-bond donors (Lipinski definition) is 1. The maximum atomic E-state index is 11.2. The van der Waals surface area contributed by atoms with Crippen LogP contribution in [0.15, 0.2) is 0 Å². The summed E-state index contributed by atoms with van der Waals surface area (Å²) in [4.78, 5) is 1.85. The second-order valence-electron chi connectivity index (χ2n) is 3.50. The van der Waals surface area contributed by atoms with Gasteiger partial charge in [-0.15, -0.1) is 0 Å². The number of nitrogens with one attached hydrogen (secondary N) is 1. The van der Waals surface area contributed by atoms with E-state index in [2.05, 4.69) is 5.32 Å². The smallest absolute Gasteiger partial charge is 0.168 e. The molecule has 1 unspecified atom stereocenters. The highest BCUT2D eigenvalue weighted by molar-refractivity contribution is 7.91. The van der Waals surface area contributed by atoms with Crippen LogP contribution in [-0.2, 0) is 9.84 Å². The molecule has 0 amide bonds. The Labute approximate surface area is 90.6 Å². The van der Waals surface area contributed by atoms with Crippen LogP contribution < -0.4 is 5.32 Å². The van der Waals surface area contributed by atoms with Gasteiger partial charge in [-0.1, -0.05) is 0 Å². The molecular weight excluding hydrogens is 220 g/mol. The van der Waals surface area contributed by atoms with Gasteiger partial charge in [-0.25, -0.2) is 8.42 Å². The molecule has 14 heavy (non-hydrogen) atoms. The van der Waals surface area contributed by atoms with Gasteiger partial charge >= 0.3 is 0 Å². The fourth-order valence-electron chi connectivity index (χ4n) is 1.52. The van der Waals surface area contributed by atoms with Crippen molar-refractivity contribution in [2.45, 2.75) is 19.4 Å². The third-order valence-electron chi connectivity index (χ3n) is 2.40. The minimum Gasteiger partial charge on any atom is -0.363 e. The third kappa shape index (κ3) is 2.81. The summed E-state index contributed by atoms with van der Waals surface area (Å²) in [5.74, 6) is 0.520. The van der Waals surface area contributed by atoms with Gasteiger partial charge in [0, 0.05) is 19.6 Å². The lowest BCUT2D eigenvalue weighted by Gasteiger charge is -2.26. The van der Waals surface area contributed by atoms with Crippen molar-refractivity contribution in [2.24, 2.45) is 0 Å². The summed E-state index contributed by atoms with van der Waals surface area (Å²) in [5, 5.41) is 3.65. The summed E-state index contributed by atoms with van der Waals surface area (Å²) in [6.45, 7) is 2.73. The predicted octanol–water partition coefficient (Wildman–Crippen LogP) is -0.000300. The Morgan fingerprint density at radius 1 is 1.64 bits per heavy atom. The first-order valence-corrected chi connectivity index (χ1v) is 6.90. The molecule has 0 spiro atoms. The van der Waals surface area contributed by atoms with E-state index in [0.717, 1.165) is 6.54 Å². The molecule has 0 bridgehead atoms. The van der Waals surface area contributed by atoms with Crippen molar-refractivity contribution < 1.29 is 8.42 Å². The maximum Gasteiger partial charge on any atom is 0.168 e. The van der Waals surface area contributed by atoms with Crippen LogP contribution in [0.5, 0.6) is 0 Å². The number of sulfone groups is 1. The molecule has 1 atom stereocenters. The number of hydrogen-bond acceptors (Lipinski definition) is 3. The standard InChI is InChI=1S/C8H16N2O2S2/c1-3-9-8(13)10(2)7-4-5-14(11,12)6-7/h7H,3-6H2,1-2H3,(H,9,13). The van der Waals surface area contributed by atoms with Crippen LogP contribution in [0.2, 0.25) is 0 Å². The normalized spacial score (nSPS) is 24.6. The average Bonchev–Trinajstić information content (AvgIpc) is 2.45. The zero-order chi connectivity index (χ0) is 10.8. The highest BCUT2D eigenvalue weighted by atomic mass is 32.2. The summed E-state index contributed by atoms with van der Waals surface area (Å²) in [5.41, 5.74) is 0. The van der Waals surface area contributed by atoms with Gasteiger partial charge in [0.15, 0.2) is 14.9 Å². The van der Waals surface area contributed by atoms with Crippen molar-refractivity contribution in [3.8, 4) is 0 Å². The molecule has 1 N–H and O–H groups in total. The molecule has 1 rings (SSSR count). The molecule has 1 saturated heterocycles. The van der Waals surface area contributed by atoms with Crippen LogP contribution in [-0.4, -0.2) is 49.6 Å². The monoisotopic (exact) mass is 236 g/mol. The van der Waals surface area contributed by atoms with Gasteiger partial charge in [-0.3, -0.25) is 0 Å². The lowest BCUT2D eigenvalue weighted by atomic mass is 10.2. The Morgan fingerprint density at radius 3 is 2.71 bits per heavy atom. The molecule has 0 aromatic carbocycles. The van der Waals surface area contributed by atoms with E-state index in [1.165, 1.54) is 0 Å². The van der Waals surface area contributed by atoms with E-state index in [-0.39, 0.29) is 17.5 Å². The van der Waals surface area contributed by atoms with Crippen LogP contribution in [0.4, 0.5) is 0 Å². The highest BCUT2D eigenvalue weighted by Crippen LogP contribution is 2.16. The molecule has 0 radical (unpaired) electrons. The largest absolute Gasteiger partial charge is 0.363 e. The summed E-state index contributed by atoms with van der Waals surface area (Å²) in [7, 11) is -0.974. The van der Waals surface area contributed by atoms with Crippen LogP contribution in [0.25, 0.3) is 0 Å². The van der Waals surface area contributed by atoms with E-state index in [1.807, 2.05) is 18.9 Å². The molecule has 0 saturated carbocycles. The molecule has 1 aliphatic rings. The Morgan fingerprint density at radius 2 is 2.29 bits per heavy atom. The Bertz CT molecular complexity index is 313. The lowest BCUT2D eigenvalue weighted by Crippen LogP contribution is -2.43. The van der Waals surface area contributed by atoms with Gasteiger partial charge < -0.3 is 10.2 Å². The topological polar surface area (TPSA) is 49.4 Å². The molecule has 1 fully saturated rings. The van der Waals surface area contributed by atoms with E-state index in [4.69, 9.17) is 12.2 Å². The van der Waals surface area contributed by atoms with Crippen molar-refractivity contribution in [1.29, 1.82) is 0 Å². The van der Waals surface area contributed by atoms with Gasteiger partial charge in [-0.2, -0.15) is 0 Å². The fourth-order valence-corrected chi connectivity index (χ4v) is 3.59. The molecule has 1 heterocycles. The summed E-state index contributed by atoms with van der Waals surface area (Å²) >= 11 is 5.11. The predicted molar refractivity (Wildman–Crippen MR) is 61.1 cm³/mol. The molecule has 6 heteroatoms. The van der Waals surface area contributed by atoms with Crippen molar-refractivity contribution >= 4 is 27.2 Å². The second kappa shape index (κ2) is 4.44. The van der Waals surface area contributed by atoms with Crippen LogP contribution in [0.3, 0.4) is 0 Å². The molecule has 0 aromatic rings. The summed E-state index contributed by atoms with van der Waals surface area (Å²) in [6, 6.07) is 0.0477. The minimum absolute atomic E-state index is 0.0477. The summed E-state index contributed by atoms with van der Waals surface area (Å²) < 4.78 is 22.5. The number of nitrogens with zero attached hydrogens (tertiary/aromatic N) is 1. The third-order valence-corrected chi connectivity index (χ3v) is 4.59. The van der Waals surface area contributed by atoms with Gasteiger partial charge in [-0.05, 0) is 25.6 Å².